The highest BCUT2D eigenvalue weighted by Gasteiger charge is 2.25. The first-order valence-electron chi connectivity index (χ1n) is 10.9. The zero-order valence-corrected chi connectivity index (χ0v) is 18.7. The lowest BCUT2D eigenvalue weighted by Crippen LogP contribution is -2.37. The van der Waals surface area contributed by atoms with Crippen LogP contribution in [0.4, 0.5) is 0 Å². The Morgan fingerprint density at radius 1 is 1.03 bits per heavy atom. The van der Waals surface area contributed by atoms with Gasteiger partial charge in [0.05, 0.1) is 17.0 Å². The van der Waals surface area contributed by atoms with Crippen LogP contribution in [-0.4, -0.2) is 48.2 Å². The Labute approximate surface area is 186 Å². The number of hydrogen-bond acceptors (Lipinski definition) is 4. The quantitative estimate of drug-likeness (QED) is 0.420. The van der Waals surface area contributed by atoms with Crippen LogP contribution in [-0.2, 0) is 16.6 Å². The number of H-pyrrole nitrogens is 2. The van der Waals surface area contributed by atoms with Crippen LogP contribution in [0.5, 0.6) is 0 Å². The fraction of sp³-hybridized carbons (Fsp3) is 0.292. The molecule has 0 bridgehead atoms. The summed E-state index contributed by atoms with van der Waals surface area (Å²) in [5.74, 6) is 0.107. The number of para-hydroxylation sites is 1. The molecule has 2 aromatic carbocycles. The smallest absolute Gasteiger partial charge is 0.257 e. The summed E-state index contributed by atoms with van der Waals surface area (Å²) >= 11 is 0. The second kappa shape index (κ2) is 8.20. The van der Waals surface area contributed by atoms with Crippen LogP contribution in [0, 0.1) is 0 Å². The molecule has 0 radical (unpaired) electrons. The van der Waals surface area contributed by atoms with Gasteiger partial charge in [0, 0.05) is 42.1 Å². The van der Waals surface area contributed by atoms with E-state index in [1.165, 1.54) is 0 Å². The number of sulfonamides is 1. The lowest BCUT2D eigenvalue weighted by atomic mass is 10.1. The van der Waals surface area contributed by atoms with Crippen molar-refractivity contribution in [1.29, 1.82) is 0 Å². The maximum absolute atomic E-state index is 12.6. The van der Waals surface area contributed by atoms with E-state index in [1.54, 1.807) is 6.92 Å². The summed E-state index contributed by atoms with van der Waals surface area (Å²) in [6, 6.07) is 17.9. The summed E-state index contributed by atoms with van der Waals surface area (Å²) in [4.78, 5) is 21.2. The number of nitrogens with zero attached hydrogens (tertiary/aromatic N) is 1. The normalized spacial score (nSPS) is 17.5. The summed E-state index contributed by atoms with van der Waals surface area (Å²) < 4.78 is 26.4. The molecule has 1 unspecified atom stereocenters. The van der Waals surface area contributed by atoms with Crippen molar-refractivity contribution in [3.05, 3.63) is 70.5 Å². The van der Waals surface area contributed by atoms with Crippen LogP contribution in [0.25, 0.3) is 33.1 Å². The van der Waals surface area contributed by atoms with Crippen LogP contribution in [0.2, 0.25) is 0 Å². The first-order valence-corrected chi connectivity index (χ1v) is 12.5. The Balaban J connectivity index is 1.36. The molecule has 166 valence electrons. The van der Waals surface area contributed by atoms with Gasteiger partial charge >= 0.3 is 0 Å². The molecular weight excluding hydrogens is 424 g/mol. The molecule has 1 aliphatic heterocycles. The fourth-order valence-electron chi connectivity index (χ4n) is 4.44. The molecule has 32 heavy (non-hydrogen) atoms. The van der Waals surface area contributed by atoms with Gasteiger partial charge in [0.1, 0.15) is 0 Å². The first-order chi connectivity index (χ1) is 15.4. The highest BCUT2D eigenvalue weighted by molar-refractivity contribution is 7.89. The molecule has 1 atom stereocenters. The van der Waals surface area contributed by atoms with E-state index in [9.17, 15) is 13.2 Å². The maximum Gasteiger partial charge on any atom is 0.257 e. The van der Waals surface area contributed by atoms with Gasteiger partial charge in [-0.3, -0.25) is 9.69 Å². The topological polar surface area (TPSA) is 98.1 Å². The monoisotopic (exact) mass is 450 g/mol. The van der Waals surface area contributed by atoms with Gasteiger partial charge in [-0.25, -0.2) is 13.1 Å². The molecule has 2 aromatic heterocycles. The van der Waals surface area contributed by atoms with Crippen LogP contribution in [0.15, 0.2) is 59.4 Å². The van der Waals surface area contributed by atoms with E-state index in [2.05, 4.69) is 31.7 Å². The Kier molecular flexibility index (Phi) is 5.36. The first kappa shape index (κ1) is 20.9. The molecule has 3 heterocycles. The fourth-order valence-corrected chi connectivity index (χ4v) is 5.31. The average molecular weight is 451 g/mol. The van der Waals surface area contributed by atoms with Gasteiger partial charge in [0.15, 0.2) is 0 Å². The molecule has 7 nitrogen and oxygen atoms in total. The van der Waals surface area contributed by atoms with Crippen molar-refractivity contribution in [3.8, 4) is 11.3 Å². The van der Waals surface area contributed by atoms with Gasteiger partial charge < -0.3 is 9.97 Å². The molecule has 0 saturated carbocycles. The van der Waals surface area contributed by atoms with Crippen molar-refractivity contribution in [1.82, 2.24) is 19.6 Å². The number of fused-ring (bicyclic) bond motifs is 2. The molecule has 4 aromatic rings. The predicted octanol–water partition coefficient (Wildman–Crippen LogP) is 3.19. The molecular formula is C24H26N4O3S. The minimum Gasteiger partial charge on any atom is -0.354 e. The van der Waals surface area contributed by atoms with Crippen molar-refractivity contribution >= 4 is 31.8 Å². The van der Waals surface area contributed by atoms with Crippen LogP contribution in [0.1, 0.15) is 18.9 Å². The summed E-state index contributed by atoms with van der Waals surface area (Å²) in [5, 5.41) is 2.04. The van der Waals surface area contributed by atoms with Crippen molar-refractivity contribution < 1.29 is 8.42 Å². The number of hydrogen-bond donors (Lipinski definition) is 3. The number of rotatable bonds is 6. The Hall–Kier alpha value is -2.94. The number of nitrogens with one attached hydrogen (secondary N) is 3. The van der Waals surface area contributed by atoms with E-state index in [-0.39, 0.29) is 17.4 Å². The number of aromatic nitrogens is 2. The third-order valence-corrected chi connectivity index (χ3v) is 7.59. The molecule has 0 aliphatic carbocycles. The molecule has 1 saturated heterocycles. The van der Waals surface area contributed by atoms with Crippen LogP contribution < -0.4 is 10.3 Å². The van der Waals surface area contributed by atoms with Gasteiger partial charge in [-0.15, -0.1) is 0 Å². The summed E-state index contributed by atoms with van der Waals surface area (Å²) in [6.45, 7) is 3.99. The van der Waals surface area contributed by atoms with Gasteiger partial charge in [0.25, 0.3) is 5.56 Å². The van der Waals surface area contributed by atoms with E-state index < -0.39 is 10.0 Å². The second-order valence-corrected chi connectivity index (χ2v) is 10.5. The third-order valence-electron chi connectivity index (χ3n) is 6.13. The van der Waals surface area contributed by atoms with Crippen molar-refractivity contribution in [2.24, 2.45) is 0 Å². The Bertz CT molecular complexity index is 1460. The lowest BCUT2D eigenvalue weighted by Gasteiger charge is -2.16. The Morgan fingerprint density at radius 3 is 2.69 bits per heavy atom. The van der Waals surface area contributed by atoms with Gasteiger partial charge in [-0.2, -0.15) is 0 Å². The minimum absolute atomic E-state index is 0.0258. The van der Waals surface area contributed by atoms with Crippen molar-refractivity contribution in [3.63, 3.8) is 0 Å². The summed E-state index contributed by atoms with van der Waals surface area (Å²) in [6.07, 6.45) is 0.820. The van der Waals surface area contributed by atoms with E-state index in [0.29, 0.717) is 12.1 Å². The number of benzene rings is 2. The van der Waals surface area contributed by atoms with Crippen LogP contribution >= 0.6 is 0 Å². The van der Waals surface area contributed by atoms with E-state index in [4.69, 9.17) is 0 Å². The number of likely N-dealkylation sites (tertiary alicyclic amines) is 1. The van der Waals surface area contributed by atoms with E-state index in [1.807, 2.05) is 42.5 Å². The molecule has 8 heteroatoms. The number of pyridine rings is 1. The average Bonchev–Trinajstić information content (AvgIpc) is 3.39. The summed E-state index contributed by atoms with van der Waals surface area (Å²) in [5.41, 5.74) is 4.25. The van der Waals surface area contributed by atoms with Crippen molar-refractivity contribution in [2.45, 2.75) is 25.9 Å². The van der Waals surface area contributed by atoms with Gasteiger partial charge in [0.2, 0.25) is 10.0 Å². The highest BCUT2D eigenvalue weighted by Crippen LogP contribution is 2.25. The maximum atomic E-state index is 12.6. The molecule has 0 spiro atoms. The molecule has 1 fully saturated rings. The summed E-state index contributed by atoms with van der Waals surface area (Å²) in [7, 11) is -3.18. The van der Waals surface area contributed by atoms with E-state index >= 15 is 0 Å². The molecule has 5 rings (SSSR count). The van der Waals surface area contributed by atoms with Gasteiger partial charge in [-0.1, -0.05) is 24.3 Å². The lowest BCUT2D eigenvalue weighted by molar-refractivity contribution is 0.325. The van der Waals surface area contributed by atoms with Gasteiger partial charge in [-0.05, 0) is 54.6 Å². The SMILES string of the molecule is CCS(=O)(=O)NC1CCN(Cc2ccc3[nH]c(-c4cc5ccccc5[nH]c4=O)cc3c2)C1. The van der Waals surface area contributed by atoms with Crippen LogP contribution in [0.3, 0.4) is 0 Å². The minimum atomic E-state index is -3.18. The highest BCUT2D eigenvalue weighted by atomic mass is 32.2. The standard InChI is InChI=1S/C24H26N4O3S/c1-2-32(30,31)27-19-9-10-28(15-19)14-16-7-8-22-18(11-16)13-23(25-22)20-12-17-5-3-4-6-21(17)26-24(20)29/h3-8,11-13,19,25,27H,2,9-10,14-15H2,1H3,(H,26,29). The third kappa shape index (κ3) is 4.21. The zero-order chi connectivity index (χ0) is 22.3. The molecule has 1 aliphatic rings. The van der Waals surface area contributed by atoms with E-state index in [0.717, 1.165) is 52.6 Å². The largest absolute Gasteiger partial charge is 0.354 e. The molecule has 3 N–H and O–H groups in total. The van der Waals surface area contributed by atoms with Crippen molar-refractivity contribution in [2.75, 3.05) is 18.8 Å². The predicted molar refractivity (Wildman–Crippen MR) is 128 cm³/mol. The zero-order valence-electron chi connectivity index (χ0n) is 17.9. The second-order valence-electron chi connectivity index (χ2n) is 8.45. The number of aromatic amines is 2. The Morgan fingerprint density at radius 2 is 1.84 bits per heavy atom. The molecule has 0 amide bonds.